The summed E-state index contributed by atoms with van der Waals surface area (Å²) in [5, 5.41) is 11.6. The number of aromatic nitrogens is 4. The summed E-state index contributed by atoms with van der Waals surface area (Å²) in [5.41, 5.74) is 3.43. The number of carbonyl (C=O) groups excluding carboxylic acids is 1. The van der Waals surface area contributed by atoms with E-state index >= 15 is 0 Å². The van der Waals surface area contributed by atoms with Crippen LogP contribution < -0.4 is 5.32 Å². The summed E-state index contributed by atoms with van der Waals surface area (Å²) in [5.74, 6) is 0.557. The average molecular weight is 341 g/mol. The summed E-state index contributed by atoms with van der Waals surface area (Å²) in [6, 6.07) is 6.00. The van der Waals surface area contributed by atoms with Crippen molar-refractivity contribution >= 4 is 17.2 Å². The van der Waals surface area contributed by atoms with Crippen LogP contribution in [0.15, 0.2) is 30.7 Å². The molecule has 2 heterocycles. The van der Waals surface area contributed by atoms with Crippen LogP contribution in [-0.2, 0) is 7.05 Å². The fourth-order valence-electron chi connectivity index (χ4n) is 2.57. The Hall–Kier alpha value is -2.54. The second-order valence-electron chi connectivity index (χ2n) is 5.84. The Kier molecular flexibility index (Phi) is 4.44. The molecule has 1 aromatic carbocycles. The molecule has 3 aromatic rings. The summed E-state index contributed by atoms with van der Waals surface area (Å²) < 4.78 is 1.79. The van der Waals surface area contributed by atoms with Crippen LogP contribution in [0, 0.1) is 13.8 Å². The van der Waals surface area contributed by atoms with E-state index in [4.69, 9.17) is 0 Å². The van der Waals surface area contributed by atoms with Crippen molar-refractivity contribution < 1.29 is 4.79 Å². The molecule has 0 saturated heterocycles. The Bertz CT molecular complexity index is 883. The second-order valence-corrected chi connectivity index (χ2v) is 6.87. The van der Waals surface area contributed by atoms with Gasteiger partial charge in [0.05, 0.1) is 12.2 Å². The number of benzene rings is 1. The lowest BCUT2D eigenvalue weighted by molar-refractivity contribution is 0.0941. The summed E-state index contributed by atoms with van der Waals surface area (Å²) in [4.78, 5) is 17.4. The highest BCUT2D eigenvalue weighted by atomic mass is 32.1. The van der Waals surface area contributed by atoms with Crippen molar-refractivity contribution in [2.45, 2.75) is 26.8 Å². The first-order valence-electron chi connectivity index (χ1n) is 7.64. The van der Waals surface area contributed by atoms with Gasteiger partial charge in [-0.2, -0.15) is 0 Å². The van der Waals surface area contributed by atoms with E-state index in [0.717, 1.165) is 16.1 Å². The standard InChI is InChI=1S/C17H19N5OS/c1-10-5-6-13(11(2)7-10)17-18-8-14(24-17)16(23)20-12(3)15-21-19-9-22(15)4/h5-9,12H,1-4H3,(H,20,23)/t12-/m0/s1. The van der Waals surface area contributed by atoms with Crippen molar-refractivity contribution in [3.63, 3.8) is 0 Å². The Morgan fingerprint density at radius 2 is 2.12 bits per heavy atom. The zero-order valence-corrected chi connectivity index (χ0v) is 14.9. The van der Waals surface area contributed by atoms with Gasteiger partial charge in [-0.05, 0) is 26.3 Å². The predicted octanol–water partition coefficient (Wildman–Crippen LogP) is 3.05. The van der Waals surface area contributed by atoms with Gasteiger partial charge in [0.25, 0.3) is 5.91 Å². The highest BCUT2D eigenvalue weighted by molar-refractivity contribution is 7.16. The lowest BCUT2D eigenvalue weighted by Gasteiger charge is -2.11. The third kappa shape index (κ3) is 3.21. The third-order valence-electron chi connectivity index (χ3n) is 3.82. The molecule has 3 rings (SSSR count). The monoisotopic (exact) mass is 341 g/mol. The molecule has 7 heteroatoms. The number of thiazole rings is 1. The lowest BCUT2D eigenvalue weighted by Crippen LogP contribution is -2.27. The molecule has 1 N–H and O–H groups in total. The summed E-state index contributed by atoms with van der Waals surface area (Å²) in [6.07, 6.45) is 3.24. The van der Waals surface area contributed by atoms with Gasteiger partial charge < -0.3 is 9.88 Å². The van der Waals surface area contributed by atoms with Gasteiger partial charge in [0.15, 0.2) is 5.82 Å². The van der Waals surface area contributed by atoms with Crippen molar-refractivity contribution in [3.8, 4) is 10.6 Å². The maximum absolute atomic E-state index is 12.4. The Balaban J connectivity index is 1.77. The van der Waals surface area contributed by atoms with E-state index in [1.54, 1.807) is 17.1 Å². The molecular weight excluding hydrogens is 322 g/mol. The maximum atomic E-state index is 12.4. The quantitative estimate of drug-likeness (QED) is 0.791. The number of nitrogens with zero attached hydrogens (tertiary/aromatic N) is 4. The first-order chi connectivity index (χ1) is 11.5. The number of amides is 1. The Labute approximate surface area is 144 Å². The number of nitrogens with one attached hydrogen (secondary N) is 1. The van der Waals surface area contributed by atoms with Crippen molar-refractivity contribution in [3.05, 3.63) is 52.6 Å². The third-order valence-corrected chi connectivity index (χ3v) is 4.85. The molecule has 0 aliphatic rings. The zero-order valence-electron chi connectivity index (χ0n) is 14.1. The summed E-state index contributed by atoms with van der Waals surface area (Å²) in [6.45, 7) is 6.00. The van der Waals surface area contributed by atoms with Crippen LogP contribution in [0.5, 0.6) is 0 Å². The molecule has 0 aliphatic carbocycles. The number of hydrogen-bond acceptors (Lipinski definition) is 5. The van der Waals surface area contributed by atoms with Gasteiger partial charge in [-0.15, -0.1) is 21.5 Å². The van der Waals surface area contributed by atoms with Crippen molar-refractivity contribution in [2.75, 3.05) is 0 Å². The van der Waals surface area contributed by atoms with E-state index < -0.39 is 0 Å². The molecule has 0 radical (unpaired) electrons. The van der Waals surface area contributed by atoms with E-state index in [0.29, 0.717) is 10.7 Å². The molecule has 2 aromatic heterocycles. The molecule has 0 bridgehead atoms. The molecule has 6 nitrogen and oxygen atoms in total. The molecule has 1 amide bonds. The van der Waals surface area contributed by atoms with Gasteiger partial charge in [-0.25, -0.2) is 4.98 Å². The molecule has 124 valence electrons. The van der Waals surface area contributed by atoms with Gasteiger partial charge in [0, 0.05) is 12.6 Å². The van der Waals surface area contributed by atoms with Gasteiger partial charge in [0.1, 0.15) is 16.2 Å². The molecule has 0 fully saturated rings. The van der Waals surface area contributed by atoms with Crippen LogP contribution >= 0.6 is 11.3 Å². The van der Waals surface area contributed by atoms with Crippen LogP contribution in [0.1, 0.15) is 39.6 Å². The number of hydrogen-bond donors (Lipinski definition) is 1. The van der Waals surface area contributed by atoms with E-state index in [1.165, 1.54) is 16.9 Å². The number of rotatable bonds is 4. The van der Waals surface area contributed by atoms with Crippen molar-refractivity contribution in [1.82, 2.24) is 25.1 Å². The summed E-state index contributed by atoms with van der Waals surface area (Å²) in [7, 11) is 1.85. The normalized spacial score (nSPS) is 12.2. The molecule has 24 heavy (non-hydrogen) atoms. The van der Waals surface area contributed by atoms with Gasteiger partial charge in [-0.1, -0.05) is 23.8 Å². The molecule has 0 saturated carbocycles. The van der Waals surface area contributed by atoms with Crippen LogP contribution in [0.2, 0.25) is 0 Å². The molecular formula is C17H19N5OS. The minimum Gasteiger partial charge on any atom is -0.342 e. The highest BCUT2D eigenvalue weighted by Crippen LogP contribution is 2.28. The number of carbonyl (C=O) groups is 1. The van der Waals surface area contributed by atoms with E-state index in [-0.39, 0.29) is 11.9 Å². The smallest absolute Gasteiger partial charge is 0.263 e. The van der Waals surface area contributed by atoms with E-state index in [1.807, 2.05) is 20.0 Å². The fraction of sp³-hybridized carbons (Fsp3) is 0.294. The molecule has 1 atom stereocenters. The van der Waals surface area contributed by atoms with Crippen molar-refractivity contribution in [1.29, 1.82) is 0 Å². The molecule has 0 unspecified atom stereocenters. The van der Waals surface area contributed by atoms with Crippen molar-refractivity contribution in [2.24, 2.45) is 7.05 Å². The number of aryl methyl sites for hydroxylation is 3. The fourth-order valence-corrected chi connectivity index (χ4v) is 3.48. The van der Waals surface area contributed by atoms with Crippen LogP contribution in [-0.4, -0.2) is 25.7 Å². The minimum absolute atomic E-state index is 0.154. The molecule has 0 spiro atoms. The van der Waals surface area contributed by atoms with Gasteiger partial charge in [0.2, 0.25) is 0 Å². The second kappa shape index (κ2) is 6.52. The van der Waals surface area contributed by atoms with Gasteiger partial charge >= 0.3 is 0 Å². The Morgan fingerprint density at radius 1 is 1.33 bits per heavy atom. The van der Waals surface area contributed by atoms with Crippen LogP contribution in [0.4, 0.5) is 0 Å². The van der Waals surface area contributed by atoms with E-state index in [2.05, 4.69) is 46.5 Å². The Morgan fingerprint density at radius 3 is 2.79 bits per heavy atom. The predicted molar refractivity (Wildman–Crippen MR) is 93.9 cm³/mol. The van der Waals surface area contributed by atoms with E-state index in [9.17, 15) is 4.79 Å². The lowest BCUT2D eigenvalue weighted by atomic mass is 10.1. The zero-order chi connectivity index (χ0) is 17.3. The SMILES string of the molecule is Cc1ccc(-c2ncc(C(=O)N[C@@H](C)c3nncn3C)s2)c(C)c1. The van der Waals surface area contributed by atoms with Crippen LogP contribution in [0.3, 0.4) is 0 Å². The first-order valence-corrected chi connectivity index (χ1v) is 8.45. The summed E-state index contributed by atoms with van der Waals surface area (Å²) >= 11 is 1.39. The first kappa shape index (κ1) is 16.3. The van der Waals surface area contributed by atoms with Crippen LogP contribution in [0.25, 0.3) is 10.6 Å². The highest BCUT2D eigenvalue weighted by Gasteiger charge is 2.18. The topological polar surface area (TPSA) is 72.7 Å². The van der Waals surface area contributed by atoms with Gasteiger partial charge in [-0.3, -0.25) is 4.79 Å². The maximum Gasteiger partial charge on any atom is 0.263 e. The molecule has 0 aliphatic heterocycles. The largest absolute Gasteiger partial charge is 0.342 e. The average Bonchev–Trinajstić information content (AvgIpc) is 3.16. The minimum atomic E-state index is -0.225.